The van der Waals surface area contributed by atoms with Gasteiger partial charge in [-0.05, 0) is 91.4 Å². The standard InChI is InChI=1S/C41H45BrN6O7S/c1-2-3-38(29-4-6-31(42)7-5-29)47-20-18-46(19-21-47)32-8-11-35(40(25-32)55-33-9-12-36-30(24-33)14-17-43-36)41(49)45-56(52,53)34-10-13-37(39(26-34)48(50)51)44-27-28-15-22-54-23-16-28/h4-14,17,24-26,28,38,43-44H,2-3,15-16,18-23,27H2,1H3,(H,45,49). The Bertz CT molecular complexity index is 2290. The van der Waals surface area contributed by atoms with E-state index in [1.807, 2.05) is 24.4 Å². The number of rotatable bonds is 14. The number of halogens is 1. The molecular weight excluding hydrogens is 800 g/mol. The van der Waals surface area contributed by atoms with Gasteiger partial charge in [-0.3, -0.25) is 19.8 Å². The first-order valence-electron chi connectivity index (χ1n) is 18.9. The van der Waals surface area contributed by atoms with Crippen LogP contribution in [0.1, 0.15) is 54.6 Å². The van der Waals surface area contributed by atoms with E-state index in [0.717, 1.165) is 79.0 Å². The molecule has 1 atom stereocenters. The second-order valence-electron chi connectivity index (χ2n) is 14.2. The van der Waals surface area contributed by atoms with E-state index in [2.05, 4.69) is 71.9 Å². The number of aromatic nitrogens is 1. The van der Waals surface area contributed by atoms with Crippen LogP contribution in [-0.2, 0) is 14.8 Å². The number of aromatic amines is 1. The third-order valence-corrected chi connectivity index (χ3v) is 12.4. The lowest BCUT2D eigenvalue weighted by Gasteiger charge is -2.40. The highest BCUT2D eigenvalue weighted by Gasteiger charge is 2.28. The van der Waals surface area contributed by atoms with Crippen LogP contribution in [0, 0.1) is 16.0 Å². The number of amides is 1. The first kappa shape index (κ1) is 39.3. The summed E-state index contributed by atoms with van der Waals surface area (Å²) in [5.74, 6) is -0.0122. The van der Waals surface area contributed by atoms with Gasteiger partial charge >= 0.3 is 0 Å². The molecular formula is C41H45BrN6O7S. The molecule has 294 valence electrons. The molecule has 0 saturated carbocycles. The summed E-state index contributed by atoms with van der Waals surface area (Å²) in [6.07, 6.45) is 5.58. The molecule has 5 aromatic rings. The third-order valence-electron chi connectivity index (χ3n) is 10.5. The smallest absolute Gasteiger partial charge is 0.293 e. The fourth-order valence-electron chi connectivity index (χ4n) is 7.43. The zero-order chi connectivity index (χ0) is 39.2. The maximum Gasteiger partial charge on any atom is 0.293 e. The molecule has 15 heteroatoms. The number of benzene rings is 4. The fraction of sp³-hybridized carbons (Fsp3) is 0.341. The number of fused-ring (bicyclic) bond motifs is 1. The molecule has 0 spiro atoms. The highest BCUT2D eigenvalue weighted by atomic mass is 79.9. The Balaban J connectivity index is 1.11. The lowest BCUT2D eigenvalue weighted by molar-refractivity contribution is -0.384. The van der Waals surface area contributed by atoms with Crippen molar-refractivity contribution in [3.05, 3.63) is 117 Å². The number of ether oxygens (including phenoxy) is 2. The summed E-state index contributed by atoms with van der Waals surface area (Å²) in [7, 11) is -4.53. The van der Waals surface area contributed by atoms with Crippen molar-refractivity contribution < 1.29 is 27.6 Å². The molecule has 3 heterocycles. The number of hydrogen-bond donors (Lipinski definition) is 3. The highest BCUT2D eigenvalue weighted by Crippen LogP contribution is 2.35. The second kappa shape index (κ2) is 17.5. The van der Waals surface area contributed by atoms with Crippen LogP contribution in [0.4, 0.5) is 17.1 Å². The first-order chi connectivity index (χ1) is 27.1. The number of nitro groups is 1. The molecule has 13 nitrogen and oxygen atoms in total. The van der Waals surface area contributed by atoms with Crippen molar-refractivity contribution in [2.45, 2.75) is 43.5 Å². The van der Waals surface area contributed by atoms with Crippen molar-refractivity contribution >= 4 is 59.8 Å². The number of nitrogens with zero attached hydrogens (tertiary/aromatic N) is 3. The molecule has 1 amide bonds. The summed E-state index contributed by atoms with van der Waals surface area (Å²) in [5, 5.41) is 16.0. The summed E-state index contributed by atoms with van der Waals surface area (Å²) in [6.45, 7) is 7.10. The summed E-state index contributed by atoms with van der Waals surface area (Å²) >= 11 is 3.55. The van der Waals surface area contributed by atoms with Gasteiger partial charge in [0.15, 0.2) is 0 Å². The van der Waals surface area contributed by atoms with Crippen molar-refractivity contribution in [1.29, 1.82) is 0 Å². The highest BCUT2D eigenvalue weighted by molar-refractivity contribution is 9.10. The van der Waals surface area contributed by atoms with Crippen molar-refractivity contribution in [1.82, 2.24) is 14.6 Å². The van der Waals surface area contributed by atoms with Gasteiger partial charge in [-0.25, -0.2) is 13.1 Å². The molecule has 0 bridgehead atoms. The summed E-state index contributed by atoms with van der Waals surface area (Å²) in [6, 6.07) is 24.9. The van der Waals surface area contributed by atoms with E-state index in [4.69, 9.17) is 9.47 Å². The molecule has 2 fully saturated rings. The number of hydrogen-bond acceptors (Lipinski definition) is 10. The number of sulfonamides is 1. The Morgan fingerprint density at radius 2 is 1.77 bits per heavy atom. The summed E-state index contributed by atoms with van der Waals surface area (Å²) < 4.78 is 42.1. The number of nitro benzene ring substituents is 1. The zero-order valence-corrected chi connectivity index (χ0v) is 33.5. The van der Waals surface area contributed by atoms with Gasteiger partial charge < -0.3 is 24.7 Å². The van der Waals surface area contributed by atoms with Crippen molar-refractivity contribution in [3.63, 3.8) is 0 Å². The van der Waals surface area contributed by atoms with Gasteiger partial charge in [0.05, 0.1) is 15.4 Å². The van der Waals surface area contributed by atoms with E-state index in [1.54, 1.807) is 24.3 Å². The molecule has 0 aliphatic carbocycles. The fourth-order valence-corrected chi connectivity index (χ4v) is 8.68. The molecule has 1 aromatic heterocycles. The molecule has 1 unspecified atom stereocenters. The number of nitrogens with one attached hydrogen (secondary N) is 3. The second-order valence-corrected chi connectivity index (χ2v) is 16.8. The quantitative estimate of drug-likeness (QED) is 0.0734. The van der Waals surface area contributed by atoms with Crippen molar-refractivity contribution in [2.75, 3.05) is 56.2 Å². The molecule has 0 radical (unpaired) electrons. The summed E-state index contributed by atoms with van der Waals surface area (Å²) in [5.41, 5.74) is 2.82. The largest absolute Gasteiger partial charge is 0.456 e. The van der Waals surface area contributed by atoms with Gasteiger partial charge in [-0.1, -0.05) is 41.4 Å². The minimum Gasteiger partial charge on any atom is -0.456 e. The van der Waals surface area contributed by atoms with E-state index in [-0.39, 0.29) is 22.9 Å². The Kier molecular flexibility index (Phi) is 12.2. The van der Waals surface area contributed by atoms with Crippen molar-refractivity contribution in [2.24, 2.45) is 5.92 Å². The molecule has 2 aliphatic heterocycles. The number of piperazine rings is 1. The van der Waals surface area contributed by atoms with Gasteiger partial charge in [0.1, 0.15) is 17.2 Å². The first-order valence-corrected chi connectivity index (χ1v) is 21.2. The van der Waals surface area contributed by atoms with Crippen LogP contribution in [-0.4, -0.2) is 75.1 Å². The van der Waals surface area contributed by atoms with Gasteiger partial charge in [0.2, 0.25) is 0 Å². The number of carbonyl (C=O) groups is 1. The Morgan fingerprint density at radius 3 is 2.50 bits per heavy atom. The average molecular weight is 846 g/mol. The lowest BCUT2D eigenvalue weighted by Crippen LogP contribution is -2.47. The molecule has 3 N–H and O–H groups in total. The van der Waals surface area contributed by atoms with E-state index in [1.165, 1.54) is 17.7 Å². The number of anilines is 2. The minimum absolute atomic E-state index is 0.00683. The lowest BCUT2D eigenvalue weighted by atomic mass is 9.99. The molecule has 7 rings (SSSR count). The van der Waals surface area contributed by atoms with E-state index >= 15 is 0 Å². The van der Waals surface area contributed by atoms with Crippen LogP contribution in [0.5, 0.6) is 11.5 Å². The maximum absolute atomic E-state index is 13.8. The number of carbonyl (C=O) groups excluding carboxylic acids is 1. The molecule has 2 aliphatic rings. The normalized spacial score (nSPS) is 16.1. The van der Waals surface area contributed by atoms with Crippen molar-refractivity contribution in [3.8, 4) is 11.5 Å². The predicted molar refractivity (Wildman–Crippen MR) is 220 cm³/mol. The third kappa shape index (κ3) is 9.18. The monoisotopic (exact) mass is 844 g/mol. The van der Waals surface area contributed by atoms with Crippen LogP contribution in [0.2, 0.25) is 0 Å². The van der Waals surface area contributed by atoms with Gasteiger partial charge in [0, 0.05) is 91.4 Å². The number of H-pyrrole nitrogens is 1. The Morgan fingerprint density at radius 1 is 1.00 bits per heavy atom. The summed E-state index contributed by atoms with van der Waals surface area (Å²) in [4.78, 5) is 32.7. The van der Waals surface area contributed by atoms with Gasteiger partial charge in [0.25, 0.3) is 21.6 Å². The minimum atomic E-state index is -4.53. The van der Waals surface area contributed by atoms with Gasteiger partial charge in [-0.15, -0.1) is 0 Å². The Hall–Kier alpha value is -4.96. The molecule has 2 saturated heterocycles. The molecule has 4 aromatic carbocycles. The zero-order valence-electron chi connectivity index (χ0n) is 31.1. The van der Waals surface area contributed by atoms with Crippen LogP contribution >= 0.6 is 15.9 Å². The van der Waals surface area contributed by atoms with E-state index in [0.29, 0.717) is 31.5 Å². The predicted octanol–water partition coefficient (Wildman–Crippen LogP) is 8.25. The Labute approximate surface area is 334 Å². The average Bonchev–Trinajstić information content (AvgIpc) is 3.68. The van der Waals surface area contributed by atoms with E-state index < -0.39 is 31.4 Å². The van der Waals surface area contributed by atoms with Crippen LogP contribution in [0.25, 0.3) is 10.9 Å². The SMILES string of the molecule is CCCC(c1ccc(Br)cc1)N1CCN(c2ccc(C(=O)NS(=O)(=O)c3ccc(NCC4CCOCC4)c([N+](=O)[O-])c3)c(Oc3ccc4[nH]ccc4c3)c2)CC1. The van der Waals surface area contributed by atoms with E-state index in [9.17, 15) is 23.3 Å². The van der Waals surface area contributed by atoms with Gasteiger partial charge in [-0.2, -0.15) is 0 Å². The topological polar surface area (TPSA) is 159 Å². The van der Waals surface area contributed by atoms with Crippen LogP contribution in [0.15, 0.2) is 100 Å². The van der Waals surface area contributed by atoms with Crippen LogP contribution < -0.4 is 19.7 Å². The molecule has 56 heavy (non-hydrogen) atoms. The van der Waals surface area contributed by atoms with Crippen LogP contribution in [0.3, 0.4) is 0 Å². The maximum atomic E-state index is 13.8.